The summed E-state index contributed by atoms with van der Waals surface area (Å²) >= 11 is 11.2. The molecule has 5 heteroatoms. The summed E-state index contributed by atoms with van der Waals surface area (Å²) in [5.74, 6) is 0.757. The zero-order valence-corrected chi connectivity index (χ0v) is 12.4. The van der Waals surface area contributed by atoms with Gasteiger partial charge in [0.2, 0.25) is 0 Å². The lowest BCUT2D eigenvalue weighted by atomic mass is 10.1. The van der Waals surface area contributed by atoms with E-state index in [1.54, 1.807) is 11.3 Å². The summed E-state index contributed by atoms with van der Waals surface area (Å²) in [5.41, 5.74) is 1.16. The summed E-state index contributed by atoms with van der Waals surface area (Å²) < 4.78 is 1.06. The summed E-state index contributed by atoms with van der Waals surface area (Å²) in [6.07, 6.45) is 0.688. The van der Waals surface area contributed by atoms with E-state index in [0.29, 0.717) is 11.6 Å². The maximum atomic E-state index is 6.15. The van der Waals surface area contributed by atoms with E-state index in [1.165, 1.54) is 0 Å². The van der Waals surface area contributed by atoms with E-state index in [4.69, 9.17) is 11.6 Å². The Hall–Kier alpha value is -0.970. The minimum atomic E-state index is 0.534. The molecule has 0 spiro atoms. The molecule has 2 heterocycles. The zero-order valence-electron chi connectivity index (χ0n) is 9.23. The molecule has 3 aromatic rings. The summed E-state index contributed by atoms with van der Waals surface area (Å²) in [6.45, 7) is 0. The van der Waals surface area contributed by atoms with Crippen molar-refractivity contribution in [3.05, 3.63) is 56.7 Å². The largest absolute Gasteiger partial charge is 0.222 e. The fourth-order valence-electron chi connectivity index (χ4n) is 1.77. The van der Waals surface area contributed by atoms with Crippen molar-refractivity contribution in [1.29, 1.82) is 0 Å². The first kappa shape index (κ1) is 12.1. The van der Waals surface area contributed by atoms with Gasteiger partial charge in [-0.1, -0.05) is 39.7 Å². The number of halogens is 2. The molecule has 0 aliphatic heterocycles. The molecule has 0 radical (unpaired) electrons. The molecule has 0 amide bonds. The van der Waals surface area contributed by atoms with E-state index < -0.39 is 0 Å². The van der Waals surface area contributed by atoms with Gasteiger partial charge in [0.25, 0.3) is 0 Å². The van der Waals surface area contributed by atoms with Crippen molar-refractivity contribution in [3.63, 3.8) is 0 Å². The Kier molecular flexibility index (Phi) is 3.33. The SMILES string of the molecule is Clc1nc(Cc2cccc(Br)c2)nc2sccc12. The van der Waals surface area contributed by atoms with Gasteiger partial charge < -0.3 is 0 Å². The number of hydrogen-bond acceptors (Lipinski definition) is 3. The second kappa shape index (κ2) is 4.96. The molecule has 1 aromatic carbocycles. The predicted octanol–water partition coefficient (Wildman–Crippen LogP) is 4.70. The van der Waals surface area contributed by atoms with Gasteiger partial charge in [-0.15, -0.1) is 11.3 Å². The Morgan fingerprint density at radius 3 is 2.94 bits per heavy atom. The van der Waals surface area contributed by atoms with Gasteiger partial charge in [0, 0.05) is 16.3 Å². The lowest BCUT2D eigenvalue weighted by Gasteiger charge is -2.02. The van der Waals surface area contributed by atoms with E-state index in [9.17, 15) is 0 Å². The lowest BCUT2D eigenvalue weighted by Crippen LogP contribution is -1.96. The molecular weight excluding hydrogens is 332 g/mol. The maximum Gasteiger partial charge on any atom is 0.141 e. The van der Waals surface area contributed by atoms with Crippen LogP contribution in [0.1, 0.15) is 11.4 Å². The lowest BCUT2D eigenvalue weighted by molar-refractivity contribution is 0.996. The molecule has 0 saturated heterocycles. The number of thiophene rings is 1. The molecule has 0 unspecified atom stereocenters. The van der Waals surface area contributed by atoms with E-state index in [-0.39, 0.29) is 0 Å². The highest BCUT2D eigenvalue weighted by Crippen LogP contribution is 2.25. The van der Waals surface area contributed by atoms with Crippen molar-refractivity contribution in [2.24, 2.45) is 0 Å². The van der Waals surface area contributed by atoms with Crippen LogP contribution in [0.25, 0.3) is 10.2 Å². The molecule has 0 saturated carbocycles. The molecule has 3 rings (SSSR count). The van der Waals surface area contributed by atoms with E-state index in [1.807, 2.05) is 23.6 Å². The number of fused-ring (bicyclic) bond motifs is 1. The normalized spacial score (nSPS) is 11.0. The van der Waals surface area contributed by atoms with Crippen LogP contribution in [0.3, 0.4) is 0 Å². The highest BCUT2D eigenvalue weighted by Gasteiger charge is 2.07. The Morgan fingerprint density at radius 2 is 2.11 bits per heavy atom. The van der Waals surface area contributed by atoms with Crippen molar-refractivity contribution < 1.29 is 0 Å². The van der Waals surface area contributed by atoms with Gasteiger partial charge in [-0.3, -0.25) is 0 Å². The van der Waals surface area contributed by atoms with E-state index in [2.05, 4.69) is 38.0 Å². The van der Waals surface area contributed by atoms with Crippen molar-refractivity contribution >= 4 is 49.1 Å². The molecule has 2 nitrogen and oxygen atoms in total. The first-order valence-electron chi connectivity index (χ1n) is 5.36. The van der Waals surface area contributed by atoms with Crippen LogP contribution in [0.4, 0.5) is 0 Å². The van der Waals surface area contributed by atoms with Gasteiger partial charge in [-0.25, -0.2) is 9.97 Å². The van der Waals surface area contributed by atoms with Crippen LogP contribution < -0.4 is 0 Å². The summed E-state index contributed by atoms with van der Waals surface area (Å²) in [5, 5.41) is 3.44. The zero-order chi connectivity index (χ0) is 12.5. The number of hydrogen-bond donors (Lipinski definition) is 0. The molecule has 90 valence electrons. The van der Waals surface area contributed by atoms with Crippen LogP contribution in [-0.2, 0) is 6.42 Å². The molecule has 0 aliphatic rings. The Bertz CT molecular complexity index is 711. The highest BCUT2D eigenvalue weighted by molar-refractivity contribution is 9.10. The average Bonchev–Trinajstić information content (AvgIpc) is 2.77. The van der Waals surface area contributed by atoms with Gasteiger partial charge in [0.15, 0.2) is 0 Å². The number of aromatic nitrogens is 2. The van der Waals surface area contributed by atoms with E-state index >= 15 is 0 Å². The number of benzene rings is 1. The predicted molar refractivity (Wildman–Crippen MR) is 79.4 cm³/mol. The fraction of sp³-hybridized carbons (Fsp3) is 0.0769. The van der Waals surface area contributed by atoms with Gasteiger partial charge in [0.05, 0.1) is 0 Å². The molecule has 18 heavy (non-hydrogen) atoms. The second-order valence-corrected chi connectivity index (χ2v) is 6.05. The number of nitrogens with zero attached hydrogens (tertiary/aromatic N) is 2. The number of rotatable bonds is 2. The third kappa shape index (κ3) is 2.41. The first-order valence-corrected chi connectivity index (χ1v) is 7.41. The Labute approximate surface area is 122 Å². The second-order valence-electron chi connectivity index (χ2n) is 3.88. The topological polar surface area (TPSA) is 25.8 Å². The Morgan fingerprint density at radius 1 is 1.22 bits per heavy atom. The van der Waals surface area contributed by atoms with Crippen LogP contribution in [0, 0.1) is 0 Å². The summed E-state index contributed by atoms with van der Waals surface area (Å²) in [6, 6.07) is 10.1. The van der Waals surface area contributed by atoms with Crippen LogP contribution in [-0.4, -0.2) is 9.97 Å². The smallest absolute Gasteiger partial charge is 0.141 e. The standard InChI is InChI=1S/C13H8BrClN2S/c14-9-3-1-2-8(6-9)7-11-16-12(15)10-4-5-18-13(10)17-11/h1-6H,7H2. The van der Waals surface area contributed by atoms with Crippen LogP contribution in [0.2, 0.25) is 5.15 Å². The van der Waals surface area contributed by atoms with Gasteiger partial charge in [-0.2, -0.15) is 0 Å². The quantitative estimate of drug-likeness (QED) is 0.633. The van der Waals surface area contributed by atoms with E-state index in [0.717, 1.165) is 26.1 Å². The molecule has 0 bridgehead atoms. The molecular formula is C13H8BrClN2S. The molecule has 0 N–H and O–H groups in total. The van der Waals surface area contributed by atoms with Crippen molar-refractivity contribution in [2.75, 3.05) is 0 Å². The third-order valence-corrected chi connectivity index (χ3v) is 4.16. The van der Waals surface area contributed by atoms with Crippen molar-refractivity contribution in [1.82, 2.24) is 9.97 Å². The van der Waals surface area contributed by atoms with Gasteiger partial charge >= 0.3 is 0 Å². The fourth-order valence-corrected chi connectivity index (χ4v) is 3.30. The minimum Gasteiger partial charge on any atom is -0.222 e. The van der Waals surface area contributed by atoms with Crippen LogP contribution in [0.5, 0.6) is 0 Å². The van der Waals surface area contributed by atoms with Crippen LogP contribution >= 0.6 is 38.9 Å². The molecule has 2 aromatic heterocycles. The Balaban J connectivity index is 1.99. The van der Waals surface area contributed by atoms with Gasteiger partial charge in [0.1, 0.15) is 15.8 Å². The van der Waals surface area contributed by atoms with Crippen LogP contribution in [0.15, 0.2) is 40.2 Å². The first-order chi connectivity index (χ1) is 8.72. The molecule has 0 aliphatic carbocycles. The third-order valence-electron chi connectivity index (χ3n) is 2.58. The van der Waals surface area contributed by atoms with Gasteiger partial charge in [-0.05, 0) is 29.1 Å². The summed E-state index contributed by atoms with van der Waals surface area (Å²) in [7, 11) is 0. The monoisotopic (exact) mass is 338 g/mol. The average molecular weight is 340 g/mol. The maximum absolute atomic E-state index is 6.15. The highest BCUT2D eigenvalue weighted by atomic mass is 79.9. The summed E-state index contributed by atoms with van der Waals surface area (Å²) in [4.78, 5) is 9.82. The minimum absolute atomic E-state index is 0.534. The van der Waals surface area contributed by atoms with Crippen molar-refractivity contribution in [3.8, 4) is 0 Å². The van der Waals surface area contributed by atoms with Crippen molar-refractivity contribution in [2.45, 2.75) is 6.42 Å². The molecule has 0 atom stereocenters. The molecule has 0 fully saturated rings.